The molecule has 3 unspecified atom stereocenters. The molecule has 0 saturated carbocycles. The molecule has 2 N–H and O–H groups in total. The van der Waals surface area contributed by atoms with E-state index >= 15 is 0 Å². The maximum Gasteiger partial charge on any atom is 0.241 e. The van der Waals surface area contributed by atoms with E-state index < -0.39 is 11.5 Å². The van der Waals surface area contributed by atoms with Gasteiger partial charge in [0.25, 0.3) is 0 Å². The first kappa shape index (κ1) is 21.5. The average molecular weight is 422 g/mol. The number of amides is 2. The molecule has 6 nitrogen and oxygen atoms in total. The number of hydrogen-bond acceptors (Lipinski definition) is 4. The van der Waals surface area contributed by atoms with Gasteiger partial charge in [-0.15, -0.1) is 0 Å². The predicted molar refractivity (Wildman–Crippen MR) is 119 cm³/mol. The fraction of sp³-hybridized carbons (Fsp3) is 0.440. The van der Waals surface area contributed by atoms with E-state index in [9.17, 15) is 9.59 Å². The highest BCUT2D eigenvalue weighted by molar-refractivity contribution is 5.89. The topological polar surface area (TPSA) is 75.9 Å². The molecule has 2 aliphatic rings. The number of rotatable bonds is 6. The van der Waals surface area contributed by atoms with E-state index in [2.05, 4.69) is 12.1 Å². The van der Waals surface area contributed by atoms with Gasteiger partial charge in [-0.25, -0.2) is 0 Å². The van der Waals surface area contributed by atoms with Crippen molar-refractivity contribution in [2.24, 2.45) is 11.1 Å². The standard InChI is InChI=1S/C25H31N3O3/c1-27-15-21(20-11-6-3-7-12-20)25(24(27)30)13-8-14-28(18-25)23(29)22(26)17-31-16-19-9-4-2-5-10-19/h2-7,9-12,21-22H,8,13-18,26H2,1H3. The number of carbonyl (C=O) groups is 2. The minimum Gasteiger partial charge on any atom is -0.375 e. The van der Waals surface area contributed by atoms with Crippen LogP contribution < -0.4 is 5.73 Å². The average Bonchev–Trinajstić information content (AvgIpc) is 3.04. The van der Waals surface area contributed by atoms with E-state index in [-0.39, 0.29) is 24.3 Å². The van der Waals surface area contributed by atoms with Gasteiger partial charge in [-0.05, 0) is 24.0 Å². The largest absolute Gasteiger partial charge is 0.375 e. The molecule has 2 aliphatic heterocycles. The van der Waals surface area contributed by atoms with Crippen molar-refractivity contribution in [1.29, 1.82) is 0 Å². The van der Waals surface area contributed by atoms with Crippen molar-refractivity contribution in [1.82, 2.24) is 9.80 Å². The molecule has 2 fully saturated rings. The Balaban J connectivity index is 1.44. The summed E-state index contributed by atoms with van der Waals surface area (Å²) < 4.78 is 5.69. The van der Waals surface area contributed by atoms with Crippen LogP contribution in [0.15, 0.2) is 60.7 Å². The second kappa shape index (κ2) is 9.20. The summed E-state index contributed by atoms with van der Waals surface area (Å²) in [5.74, 6) is 0.0707. The van der Waals surface area contributed by atoms with Crippen LogP contribution >= 0.6 is 0 Å². The Hall–Kier alpha value is -2.70. The van der Waals surface area contributed by atoms with E-state index in [0.717, 1.165) is 24.0 Å². The Morgan fingerprint density at radius 1 is 1.16 bits per heavy atom. The van der Waals surface area contributed by atoms with Gasteiger partial charge in [-0.1, -0.05) is 60.7 Å². The number of likely N-dealkylation sites (N-methyl/N-ethyl adjacent to an activating group) is 1. The molecule has 0 aromatic heterocycles. The summed E-state index contributed by atoms with van der Waals surface area (Å²) in [5, 5.41) is 0. The Kier molecular flexibility index (Phi) is 6.39. The van der Waals surface area contributed by atoms with Crippen molar-refractivity contribution in [3.8, 4) is 0 Å². The zero-order valence-electron chi connectivity index (χ0n) is 18.1. The predicted octanol–water partition coefficient (Wildman–Crippen LogP) is 2.40. The number of carbonyl (C=O) groups excluding carboxylic acids is 2. The lowest BCUT2D eigenvalue weighted by Crippen LogP contribution is -2.55. The van der Waals surface area contributed by atoms with Crippen molar-refractivity contribution >= 4 is 11.8 Å². The normalized spacial score (nSPS) is 24.6. The lowest BCUT2D eigenvalue weighted by molar-refractivity contribution is -0.144. The van der Waals surface area contributed by atoms with Gasteiger partial charge in [0, 0.05) is 32.6 Å². The molecule has 2 heterocycles. The van der Waals surface area contributed by atoms with E-state index in [1.54, 1.807) is 4.90 Å². The van der Waals surface area contributed by atoms with Crippen molar-refractivity contribution in [3.63, 3.8) is 0 Å². The van der Waals surface area contributed by atoms with Gasteiger partial charge < -0.3 is 20.3 Å². The Bertz CT molecular complexity index is 905. The number of piperidine rings is 1. The fourth-order valence-corrected chi connectivity index (χ4v) is 5.09. The number of nitrogens with two attached hydrogens (primary N) is 1. The van der Waals surface area contributed by atoms with Gasteiger partial charge in [0.1, 0.15) is 6.04 Å². The number of likely N-dealkylation sites (tertiary alicyclic amines) is 2. The van der Waals surface area contributed by atoms with Crippen LogP contribution in [0.25, 0.3) is 0 Å². The third-order valence-electron chi connectivity index (χ3n) is 6.66. The third kappa shape index (κ3) is 4.36. The fourth-order valence-electron chi connectivity index (χ4n) is 5.09. The molecule has 1 spiro atoms. The highest BCUT2D eigenvalue weighted by Crippen LogP contribution is 2.49. The second-order valence-electron chi connectivity index (χ2n) is 8.78. The van der Waals surface area contributed by atoms with E-state index in [1.165, 1.54) is 0 Å². The summed E-state index contributed by atoms with van der Waals surface area (Å²) >= 11 is 0. The molecule has 0 bridgehead atoms. The molecule has 31 heavy (non-hydrogen) atoms. The van der Waals surface area contributed by atoms with Crippen molar-refractivity contribution < 1.29 is 14.3 Å². The minimum absolute atomic E-state index is 0.0763. The van der Waals surface area contributed by atoms with Gasteiger partial charge >= 0.3 is 0 Å². The van der Waals surface area contributed by atoms with Crippen LogP contribution in [0.5, 0.6) is 0 Å². The SMILES string of the molecule is CN1CC(c2ccccc2)C2(CCCN(C(=O)C(N)COCc3ccccc3)C2)C1=O. The van der Waals surface area contributed by atoms with Gasteiger partial charge in [0.15, 0.2) is 0 Å². The van der Waals surface area contributed by atoms with Crippen LogP contribution in [-0.4, -0.2) is 60.9 Å². The number of nitrogens with zero attached hydrogens (tertiary/aromatic N) is 2. The first-order valence-electron chi connectivity index (χ1n) is 11.0. The van der Waals surface area contributed by atoms with Crippen molar-refractivity contribution in [2.75, 3.05) is 33.3 Å². The van der Waals surface area contributed by atoms with Gasteiger partial charge in [0.2, 0.25) is 11.8 Å². The summed E-state index contributed by atoms with van der Waals surface area (Å²) in [6.07, 6.45) is 1.59. The number of ether oxygens (including phenoxy) is 1. The molecule has 0 aliphatic carbocycles. The summed E-state index contributed by atoms with van der Waals surface area (Å²) in [4.78, 5) is 30.0. The molecular formula is C25H31N3O3. The van der Waals surface area contributed by atoms with Crippen molar-refractivity contribution in [2.45, 2.75) is 31.4 Å². The Labute approximate surface area is 184 Å². The van der Waals surface area contributed by atoms with Crippen LogP contribution in [0.2, 0.25) is 0 Å². The Morgan fingerprint density at radius 2 is 1.84 bits per heavy atom. The number of benzene rings is 2. The molecule has 6 heteroatoms. The number of hydrogen-bond donors (Lipinski definition) is 1. The quantitative estimate of drug-likeness (QED) is 0.777. The molecule has 2 aromatic carbocycles. The van der Waals surface area contributed by atoms with E-state index in [4.69, 9.17) is 10.5 Å². The molecular weight excluding hydrogens is 390 g/mol. The van der Waals surface area contributed by atoms with Crippen LogP contribution in [-0.2, 0) is 20.9 Å². The lowest BCUT2D eigenvalue weighted by atomic mass is 9.69. The summed E-state index contributed by atoms with van der Waals surface area (Å²) in [7, 11) is 1.86. The first-order chi connectivity index (χ1) is 15.0. The zero-order chi connectivity index (χ0) is 21.8. The summed E-state index contributed by atoms with van der Waals surface area (Å²) in [6, 6.07) is 19.3. The molecule has 2 amide bonds. The van der Waals surface area contributed by atoms with Crippen LogP contribution in [0.1, 0.15) is 29.9 Å². The summed E-state index contributed by atoms with van der Waals surface area (Å²) in [5.41, 5.74) is 7.82. The van der Waals surface area contributed by atoms with Crippen LogP contribution in [0.3, 0.4) is 0 Å². The molecule has 3 atom stereocenters. The maximum atomic E-state index is 13.3. The Morgan fingerprint density at radius 3 is 2.55 bits per heavy atom. The van der Waals surface area contributed by atoms with Gasteiger partial charge in [-0.2, -0.15) is 0 Å². The zero-order valence-corrected chi connectivity index (χ0v) is 18.1. The second-order valence-corrected chi connectivity index (χ2v) is 8.78. The molecule has 4 rings (SSSR count). The highest BCUT2D eigenvalue weighted by atomic mass is 16.5. The smallest absolute Gasteiger partial charge is 0.241 e. The first-order valence-corrected chi connectivity index (χ1v) is 11.0. The van der Waals surface area contributed by atoms with E-state index in [0.29, 0.717) is 26.2 Å². The third-order valence-corrected chi connectivity index (χ3v) is 6.66. The molecule has 2 aromatic rings. The monoisotopic (exact) mass is 421 g/mol. The molecule has 0 radical (unpaired) electrons. The maximum absolute atomic E-state index is 13.3. The van der Waals surface area contributed by atoms with Gasteiger partial charge in [0.05, 0.1) is 18.6 Å². The van der Waals surface area contributed by atoms with Crippen LogP contribution in [0, 0.1) is 5.41 Å². The van der Waals surface area contributed by atoms with Crippen LogP contribution in [0.4, 0.5) is 0 Å². The molecule has 164 valence electrons. The molecule has 2 saturated heterocycles. The van der Waals surface area contributed by atoms with Gasteiger partial charge in [-0.3, -0.25) is 9.59 Å². The van der Waals surface area contributed by atoms with E-state index in [1.807, 2.05) is 60.5 Å². The summed E-state index contributed by atoms with van der Waals surface area (Å²) in [6.45, 7) is 2.31. The lowest BCUT2D eigenvalue weighted by Gasteiger charge is -2.42. The minimum atomic E-state index is -0.733. The highest BCUT2D eigenvalue weighted by Gasteiger charge is 2.55. The van der Waals surface area contributed by atoms with Crippen molar-refractivity contribution in [3.05, 3.63) is 71.8 Å².